The number of carbonyl (C=O) groups excluding carboxylic acids is 1. The Morgan fingerprint density at radius 3 is 2.84 bits per heavy atom. The van der Waals surface area contributed by atoms with Gasteiger partial charge in [-0.25, -0.2) is 0 Å². The smallest absolute Gasteiger partial charge is 0.239 e. The molecule has 1 fully saturated rings. The average molecular weight is 262 g/mol. The number of carbonyl (C=O) groups is 1. The number of hydrogen-bond acceptors (Lipinski definition) is 4. The molecule has 2 aliphatic rings. The molecule has 1 aromatic carbocycles. The lowest BCUT2D eigenvalue weighted by atomic mass is 10.2. The molecule has 1 aliphatic heterocycles. The molecule has 1 aliphatic carbocycles. The Morgan fingerprint density at radius 1 is 1.21 bits per heavy atom. The highest BCUT2D eigenvalue weighted by Gasteiger charge is 2.17. The Hall–Kier alpha value is -1.91. The summed E-state index contributed by atoms with van der Waals surface area (Å²) in [7, 11) is 0. The maximum Gasteiger partial charge on any atom is 0.239 e. The minimum absolute atomic E-state index is 0.0459. The summed E-state index contributed by atoms with van der Waals surface area (Å²) in [6.45, 7) is 0.553. The SMILES string of the molecule is O=C(CNc1ccc2c(c1)OCO2)NC1CCCC1. The summed E-state index contributed by atoms with van der Waals surface area (Å²) in [4.78, 5) is 11.8. The van der Waals surface area contributed by atoms with Gasteiger partial charge in [-0.15, -0.1) is 0 Å². The van der Waals surface area contributed by atoms with Gasteiger partial charge in [-0.05, 0) is 25.0 Å². The van der Waals surface area contributed by atoms with Crippen LogP contribution in [0.4, 0.5) is 5.69 Å². The van der Waals surface area contributed by atoms with Crippen molar-refractivity contribution in [3.63, 3.8) is 0 Å². The van der Waals surface area contributed by atoms with E-state index in [-0.39, 0.29) is 19.2 Å². The largest absolute Gasteiger partial charge is 0.454 e. The van der Waals surface area contributed by atoms with E-state index in [1.807, 2.05) is 18.2 Å². The zero-order valence-electron chi connectivity index (χ0n) is 10.8. The fourth-order valence-electron chi connectivity index (χ4n) is 2.54. The normalized spacial score (nSPS) is 17.5. The van der Waals surface area contributed by atoms with Crippen molar-refractivity contribution in [3.8, 4) is 11.5 Å². The van der Waals surface area contributed by atoms with E-state index in [1.165, 1.54) is 12.8 Å². The molecule has 2 N–H and O–H groups in total. The second-order valence-corrected chi connectivity index (χ2v) is 4.97. The van der Waals surface area contributed by atoms with Crippen molar-refractivity contribution in [2.24, 2.45) is 0 Å². The first-order chi connectivity index (χ1) is 9.31. The summed E-state index contributed by atoms with van der Waals surface area (Å²) in [5.41, 5.74) is 0.867. The Kier molecular flexibility index (Phi) is 3.44. The number of amides is 1. The monoisotopic (exact) mass is 262 g/mol. The minimum atomic E-state index is 0.0459. The maximum absolute atomic E-state index is 11.8. The lowest BCUT2D eigenvalue weighted by Gasteiger charge is -2.13. The quantitative estimate of drug-likeness (QED) is 0.870. The molecule has 19 heavy (non-hydrogen) atoms. The number of ether oxygens (including phenoxy) is 2. The first-order valence-electron chi connectivity index (χ1n) is 6.74. The molecular formula is C14H18N2O3. The highest BCUT2D eigenvalue weighted by molar-refractivity contribution is 5.81. The standard InChI is InChI=1S/C14H18N2O3/c17-14(16-10-3-1-2-4-10)8-15-11-5-6-12-13(7-11)19-9-18-12/h5-7,10,15H,1-4,8-9H2,(H,16,17). The molecule has 1 aromatic rings. The van der Waals surface area contributed by atoms with Crippen molar-refractivity contribution in [1.29, 1.82) is 0 Å². The summed E-state index contributed by atoms with van der Waals surface area (Å²) in [5, 5.41) is 6.14. The van der Waals surface area contributed by atoms with Crippen LogP contribution in [0, 0.1) is 0 Å². The summed E-state index contributed by atoms with van der Waals surface area (Å²) in [6, 6.07) is 5.95. The number of hydrogen-bond donors (Lipinski definition) is 2. The minimum Gasteiger partial charge on any atom is -0.454 e. The van der Waals surface area contributed by atoms with Gasteiger partial charge in [0.25, 0.3) is 0 Å². The van der Waals surface area contributed by atoms with Crippen molar-refractivity contribution < 1.29 is 14.3 Å². The maximum atomic E-state index is 11.8. The Bertz CT molecular complexity index is 470. The van der Waals surface area contributed by atoms with Gasteiger partial charge in [0, 0.05) is 17.8 Å². The van der Waals surface area contributed by atoms with Crippen LogP contribution in [0.25, 0.3) is 0 Å². The molecule has 0 aromatic heterocycles. The molecular weight excluding hydrogens is 244 g/mol. The Labute approximate surface area is 112 Å². The number of anilines is 1. The number of fused-ring (bicyclic) bond motifs is 1. The van der Waals surface area contributed by atoms with Gasteiger partial charge in [0.2, 0.25) is 12.7 Å². The molecule has 0 bridgehead atoms. The molecule has 3 rings (SSSR count). The third-order valence-corrected chi connectivity index (χ3v) is 3.55. The molecule has 1 saturated carbocycles. The second-order valence-electron chi connectivity index (χ2n) is 4.97. The van der Waals surface area contributed by atoms with Crippen LogP contribution in [0.2, 0.25) is 0 Å². The molecule has 0 unspecified atom stereocenters. The highest BCUT2D eigenvalue weighted by atomic mass is 16.7. The molecule has 0 radical (unpaired) electrons. The van der Waals surface area contributed by atoms with Crippen LogP contribution in [0.3, 0.4) is 0 Å². The molecule has 1 heterocycles. The van der Waals surface area contributed by atoms with E-state index < -0.39 is 0 Å². The van der Waals surface area contributed by atoms with Crippen molar-refractivity contribution >= 4 is 11.6 Å². The van der Waals surface area contributed by atoms with Gasteiger partial charge in [0.1, 0.15) is 0 Å². The summed E-state index contributed by atoms with van der Waals surface area (Å²) in [5.74, 6) is 1.52. The molecule has 0 atom stereocenters. The van der Waals surface area contributed by atoms with Crippen molar-refractivity contribution in [3.05, 3.63) is 18.2 Å². The summed E-state index contributed by atoms with van der Waals surface area (Å²) < 4.78 is 10.5. The third-order valence-electron chi connectivity index (χ3n) is 3.55. The van der Waals surface area contributed by atoms with E-state index in [9.17, 15) is 4.79 Å². The first kappa shape index (κ1) is 12.1. The van der Waals surface area contributed by atoms with Gasteiger partial charge >= 0.3 is 0 Å². The van der Waals surface area contributed by atoms with E-state index in [0.717, 1.165) is 30.0 Å². The van der Waals surface area contributed by atoms with Crippen LogP contribution in [0.5, 0.6) is 11.5 Å². The molecule has 0 spiro atoms. The van der Waals surface area contributed by atoms with E-state index in [2.05, 4.69) is 10.6 Å². The summed E-state index contributed by atoms with van der Waals surface area (Å²) >= 11 is 0. The Balaban J connectivity index is 1.50. The first-order valence-corrected chi connectivity index (χ1v) is 6.74. The Morgan fingerprint density at radius 2 is 2.00 bits per heavy atom. The average Bonchev–Trinajstić information content (AvgIpc) is 3.06. The van der Waals surface area contributed by atoms with Gasteiger partial charge in [-0.2, -0.15) is 0 Å². The fraction of sp³-hybridized carbons (Fsp3) is 0.500. The van der Waals surface area contributed by atoms with Gasteiger partial charge in [0.05, 0.1) is 6.54 Å². The molecule has 1 amide bonds. The zero-order chi connectivity index (χ0) is 13.1. The molecule has 5 nitrogen and oxygen atoms in total. The van der Waals surface area contributed by atoms with Gasteiger partial charge in [0.15, 0.2) is 11.5 Å². The van der Waals surface area contributed by atoms with Gasteiger partial charge in [-0.3, -0.25) is 4.79 Å². The highest BCUT2D eigenvalue weighted by Crippen LogP contribution is 2.34. The predicted octanol–water partition coefficient (Wildman–Crippen LogP) is 1.89. The van der Waals surface area contributed by atoms with Crippen LogP contribution in [-0.2, 0) is 4.79 Å². The second kappa shape index (κ2) is 5.38. The van der Waals surface area contributed by atoms with Crippen LogP contribution in [0.15, 0.2) is 18.2 Å². The number of rotatable bonds is 4. The van der Waals surface area contributed by atoms with Crippen LogP contribution >= 0.6 is 0 Å². The van der Waals surface area contributed by atoms with Gasteiger partial charge in [-0.1, -0.05) is 12.8 Å². The third kappa shape index (κ3) is 2.92. The molecule has 0 saturated heterocycles. The fourth-order valence-corrected chi connectivity index (χ4v) is 2.54. The van der Waals surface area contributed by atoms with E-state index in [0.29, 0.717) is 6.04 Å². The zero-order valence-corrected chi connectivity index (χ0v) is 10.8. The number of benzene rings is 1. The van der Waals surface area contributed by atoms with E-state index in [1.54, 1.807) is 0 Å². The summed E-state index contributed by atoms with van der Waals surface area (Å²) in [6.07, 6.45) is 4.66. The molecule has 5 heteroatoms. The predicted molar refractivity (Wildman–Crippen MR) is 71.5 cm³/mol. The molecule has 102 valence electrons. The topological polar surface area (TPSA) is 59.6 Å². The lowest BCUT2D eigenvalue weighted by Crippen LogP contribution is -2.36. The van der Waals surface area contributed by atoms with E-state index >= 15 is 0 Å². The van der Waals surface area contributed by atoms with Crippen molar-refractivity contribution in [2.75, 3.05) is 18.7 Å². The van der Waals surface area contributed by atoms with Crippen molar-refractivity contribution in [1.82, 2.24) is 5.32 Å². The van der Waals surface area contributed by atoms with Crippen LogP contribution in [-0.4, -0.2) is 25.3 Å². The lowest BCUT2D eigenvalue weighted by molar-refractivity contribution is -0.120. The van der Waals surface area contributed by atoms with Crippen molar-refractivity contribution in [2.45, 2.75) is 31.7 Å². The number of nitrogens with one attached hydrogen (secondary N) is 2. The van der Waals surface area contributed by atoms with Gasteiger partial charge < -0.3 is 20.1 Å². The van der Waals surface area contributed by atoms with Crippen LogP contribution in [0.1, 0.15) is 25.7 Å². The van der Waals surface area contributed by atoms with E-state index in [4.69, 9.17) is 9.47 Å². The van der Waals surface area contributed by atoms with Crippen LogP contribution < -0.4 is 20.1 Å².